The van der Waals surface area contributed by atoms with Crippen LogP contribution < -0.4 is 15.8 Å². The molecular formula is C19H27FN8O. The Balaban J connectivity index is 1.34. The highest BCUT2D eigenvalue weighted by atomic mass is 19.1. The summed E-state index contributed by atoms with van der Waals surface area (Å²) in [6, 6.07) is 2.11. The Bertz CT molecular complexity index is 860. The summed E-state index contributed by atoms with van der Waals surface area (Å²) in [6.45, 7) is 6.19. The predicted molar refractivity (Wildman–Crippen MR) is 104 cm³/mol. The molecule has 2 aromatic rings. The molecule has 0 bridgehead atoms. The van der Waals surface area contributed by atoms with Gasteiger partial charge in [0, 0.05) is 24.6 Å². The molecule has 0 amide bonds. The first-order valence-corrected chi connectivity index (χ1v) is 10.3. The van der Waals surface area contributed by atoms with Crippen molar-refractivity contribution in [1.82, 2.24) is 35.6 Å². The summed E-state index contributed by atoms with van der Waals surface area (Å²) in [6.07, 6.45) is 3.03. The van der Waals surface area contributed by atoms with Crippen molar-refractivity contribution in [2.24, 2.45) is 5.92 Å². The molecule has 1 saturated carbocycles. The van der Waals surface area contributed by atoms with Gasteiger partial charge in [-0.2, -0.15) is 5.10 Å². The summed E-state index contributed by atoms with van der Waals surface area (Å²) in [4.78, 5) is 15.5. The number of hydrogen-bond donors (Lipinski definition) is 2. The number of halogens is 1. The van der Waals surface area contributed by atoms with Gasteiger partial charge in [0.15, 0.2) is 0 Å². The zero-order valence-electron chi connectivity index (χ0n) is 16.7. The molecule has 2 aliphatic heterocycles. The molecule has 5 unspecified atom stereocenters. The van der Waals surface area contributed by atoms with Crippen LogP contribution in [0.1, 0.15) is 44.2 Å². The number of aromatic nitrogens is 5. The zero-order valence-corrected chi connectivity index (χ0v) is 16.7. The summed E-state index contributed by atoms with van der Waals surface area (Å²) < 4.78 is 22.3. The molecule has 1 saturated heterocycles. The van der Waals surface area contributed by atoms with E-state index in [1.165, 1.54) is 0 Å². The van der Waals surface area contributed by atoms with Gasteiger partial charge < -0.3 is 9.64 Å². The molecule has 29 heavy (non-hydrogen) atoms. The van der Waals surface area contributed by atoms with Crippen molar-refractivity contribution in [2.75, 3.05) is 11.4 Å². The molecule has 9 nitrogen and oxygen atoms in total. The third-order valence-electron chi connectivity index (χ3n) is 6.13. The fourth-order valence-electron chi connectivity index (χ4n) is 4.73. The van der Waals surface area contributed by atoms with Crippen molar-refractivity contribution in [3.63, 3.8) is 0 Å². The fraction of sp³-hybridized carbons (Fsp3) is 0.684. The van der Waals surface area contributed by atoms with Crippen LogP contribution >= 0.6 is 0 Å². The maximum atomic E-state index is 14.5. The van der Waals surface area contributed by atoms with Crippen molar-refractivity contribution in [2.45, 2.75) is 70.2 Å². The molecular weight excluding hydrogens is 375 g/mol. The summed E-state index contributed by atoms with van der Waals surface area (Å²) in [5, 5.41) is 4.23. The second kappa shape index (κ2) is 7.58. The number of fused-ring (bicyclic) bond motifs is 2. The van der Waals surface area contributed by atoms with E-state index in [1.54, 1.807) is 12.7 Å². The first-order chi connectivity index (χ1) is 14.1. The molecule has 0 spiro atoms. The largest absolute Gasteiger partial charge is 0.373 e. The minimum Gasteiger partial charge on any atom is -0.373 e. The van der Waals surface area contributed by atoms with Crippen LogP contribution in [0.5, 0.6) is 0 Å². The fourth-order valence-corrected chi connectivity index (χ4v) is 4.73. The van der Waals surface area contributed by atoms with Crippen LogP contribution in [0.15, 0.2) is 18.7 Å². The van der Waals surface area contributed by atoms with Crippen molar-refractivity contribution in [3.8, 4) is 0 Å². The van der Waals surface area contributed by atoms with Gasteiger partial charge >= 0.3 is 0 Å². The van der Waals surface area contributed by atoms with E-state index in [-0.39, 0.29) is 30.2 Å². The summed E-state index contributed by atoms with van der Waals surface area (Å²) in [5.74, 6) is 2.04. The average molecular weight is 402 g/mol. The van der Waals surface area contributed by atoms with E-state index < -0.39 is 6.17 Å². The topological polar surface area (TPSA) is 93.0 Å². The number of nitrogens with zero attached hydrogens (tertiary/aromatic N) is 6. The van der Waals surface area contributed by atoms with Gasteiger partial charge in [0.25, 0.3) is 0 Å². The number of hydrazine groups is 1. The number of ether oxygens (including phenoxy) is 1. The van der Waals surface area contributed by atoms with E-state index in [1.807, 2.05) is 24.6 Å². The number of nitrogens with one attached hydrogen (secondary N) is 2. The van der Waals surface area contributed by atoms with Crippen LogP contribution in [-0.2, 0) is 17.8 Å². The van der Waals surface area contributed by atoms with Gasteiger partial charge in [-0.25, -0.2) is 29.4 Å². The molecule has 5 rings (SSSR count). The first-order valence-electron chi connectivity index (χ1n) is 10.3. The van der Waals surface area contributed by atoms with E-state index >= 15 is 0 Å². The Labute approximate surface area is 169 Å². The van der Waals surface area contributed by atoms with Crippen LogP contribution in [0.25, 0.3) is 0 Å². The third kappa shape index (κ3) is 3.60. The van der Waals surface area contributed by atoms with Crippen LogP contribution in [0.2, 0.25) is 0 Å². The van der Waals surface area contributed by atoms with Crippen molar-refractivity contribution in [3.05, 3.63) is 30.2 Å². The van der Waals surface area contributed by atoms with E-state index in [2.05, 4.69) is 35.8 Å². The first kappa shape index (κ1) is 18.8. The van der Waals surface area contributed by atoms with Crippen LogP contribution in [0, 0.1) is 5.92 Å². The molecule has 2 N–H and O–H groups in total. The van der Waals surface area contributed by atoms with Gasteiger partial charge in [0.1, 0.15) is 30.5 Å². The summed E-state index contributed by atoms with van der Waals surface area (Å²) >= 11 is 0. The molecule has 4 heterocycles. The lowest BCUT2D eigenvalue weighted by molar-refractivity contribution is -0.0708. The van der Waals surface area contributed by atoms with Crippen molar-refractivity contribution < 1.29 is 9.13 Å². The smallest absolute Gasteiger partial charge is 0.146 e. The lowest BCUT2D eigenvalue weighted by Crippen LogP contribution is -2.44. The van der Waals surface area contributed by atoms with Gasteiger partial charge in [0.2, 0.25) is 0 Å². The second-order valence-electron chi connectivity index (χ2n) is 8.37. The molecule has 2 aromatic heterocycles. The summed E-state index contributed by atoms with van der Waals surface area (Å²) in [5.41, 5.74) is 7.54. The Kier molecular flexibility index (Phi) is 4.92. The van der Waals surface area contributed by atoms with Gasteiger partial charge in [-0.15, -0.1) is 0 Å². The Morgan fingerprint density at radius 2 is 2.03 bits per heavy atom. The van der Waals surface area contributed by atoms with Gasteiger partial charge in [-0.05, 0) is 26.7 Å². The predicted octanol–water partition coefficient (Wildman–Crippen LogP) is 1.15. The molecule has 2 fully saturated rings. The molecule has 156 valence electrons. The van der Waals surface area contributed by atoms with Gasteiger partial charge in [-0.3, -0.25) is 5.43 Å². The molecule has 0 radical (unpaired) electrons. The van der Waals surface area contributed by atoms with E-state index in [0.717, 1.165) is 30.4 Å². The van der Waals surface area contributed by atoms with Crippen LogP contribution in [-0.4, -0.2) is 55.7 Å². The lowest BCUT2D eigenvalue weighted by atomic mass is 9.78. The lowest BCUT2D eigenvalue weighted by Gasteiger charge is -2.36. The monoisotopic (exact) mass is 402 g/mol. The molecule has 1 aliphatic carbocycles. The quantitative estimate of drug-likeness (QED) is 0.787. The number of anilines is 1. The number of alkyl halides is 1. The maximum Gasteiger partial charge on any atom is 0.146 e. The minimum atomic E-state index is -0.946. The van der Waals surface area contributed by atoms with Gasteiger partial charge in [0.05, 0.1) is 37.0 Å². The SMILES string of the molecule is CC(C)OC1CC2C(CC1F)NNC2c1cc(N2CCn3ncnc3C2)ncn1. The van der Waals surface area contributed by atoms with E-state index in [0.29, 0.717) is 19.4 Å². The second-order valence-corrected chi connectivity index (χ2v) is 8.37. The molecule has 0 aromatic carbocycles. The van der Waals surface area contributed by atoms with Crippen molar-refractivity contribution in [1.29, 1.82) is 0 Å². The highest BCUT2D eigenvalue weighted by Gasteiger charge is 2.46. The highest BCUT2D eigenvalue weighted by Crippen LogP contribution is 2.40. The number of rotatable bonds is 4. The molecule has 3 aliphatic rings. The molecule has 10 heteroatoms. The Morgan fingerprint density at radius 3 is 2.90 bits per heavy atom. The van der Waals surface area contributed by atoms with E-state index in [9.17, 15) is 4.39 Å². The van der Waals surface area contributed by atoms with Gasteiger partial charge in [-0.1, -0.05) is 0 Å². The maximum absolute atomic E-state index is 14.5. The minimum absolute atomic E-state index is 0.000885. The average Bonchev–Trinajstić information content (AvgIpc) is 3.34. The van der Waals surface area contributed by atoms with Crippen molar-refractivity contribution >= 4 is 5.82 Å². The summed E-state index contributed by atoms with van der Waals surface area (Å²) in [7, 11) is 0. The zero-order chi connectivity index (χ0) is 20.0. The van der Waals surface area contributed by atoms with Crippen LogP contribution in [0.4, 0.5) is 10.2 Å². The Morgan fingerprint density at radius 1 is 1.14 bits per heavy atom. The van der Waals surface area contributed by atoms with Crippen LogP contribution in [0.3, 0.4) is 0 Å². The number of hydrogen-bond acceptors (Lipinski definition) is 8. The third-order valence-corrected chi connectivity index (χ3v) is 6.13. The molecule has 5 atom stereocenters. The standard InChI is InChI=1S/C19H27FN8O/c1-11(2)29-16-5-12-14(6-13(16)20)25-26-19(12)15-7-17(22-9-21-15)27-3-4-28-18(8-27)23-10-24-28/h7,9-14,16,19,25-26H,3-6,8H2,1-2H3. The Hall–Kier alpha value is -2.17. The highest BCUT2D eigenvalue weighted by molar-refractivity contribution is 5.40. The van der Waals surface area contributed by atoms with E-state index in [4.69, 9.17) is 4.74 Å². The normalized spacial score (nSPS) is 31.7.